The van der Waals surface area contributed by atoms with Crippen molar-refractivity contribution in [1.82, 2.24) is 16.0 Å². The molecule has 1 aliphatic rings. The third-order valence-corrected chi connectivity index (χ3v) is 3.61. The summed E-state index contributed by atoms with van der Waals surface area (Å²) in [7, 11) is 0. The van der Waals surface area contributed by atoms with E-state index in [-0.39, 0.29) is 35.6 Å². The second-order valence-corrected chi connectivity index (χ2v) is 6.79. The summed E-state index contributed by atoms with van der Waals surface area (Å²) in [6.45, 7) is 8.32. The molecule has 3 N–H and O–H groups in total. The largest absolute Gasteiger partial charge is 0.352 e. The van der Waals surface area contributed by atoms with Crippen LogP contribution in [-0.4, -0.2) is 36.3 Å². The summed E-state index contributed by atoms with van der Waals surface area (Å²) in [5, 5.41) is 8.44. The van der Waals surface area contributed by atoms with Crippen LogP contribution in [0.4, 0.5) is 0 Å². The predicted octanol–water partition coefficient (Wildman–Crippen LogP) is 1.29. The Kier molecular flexibility index (Phi) is 8.22. The van der Waals surface area contributed by atoms with Crippen LogP contribution >= 0.6 is 0 Å². The normalized spacial score (nSPS) is 22.6. The van der Waals surface area contributed by atoms with Crippen molar-refractivity contribution < 1.29 is 14.4 Å². The first-order valence-electron chi connectivity index (χ1n) is 8.52. The smallest absolute Gasteiger partial charge is 0.247 e. The first kappa shape index (κ1) is 19.9. The maximum Gasteiger partial charge on any atom is 0.247 e. The van der Waals surface area contributed by atoms with E-state index < -0.39 is 6.04 Å². The molecule has 6 heteroatoms. The van der Waals surface area contributed by atoms with Crippen LogP contribution in [-0.2, 0) is 14.4 Å². The fourth-order valence-electron chi connectivity index (χ4n) is 2.26. The van der Waals surface area contributed by atoms with Gasteiger partial charge in [-0.15, -0.1) is 0 Å². The van der Waals surface area contributed by atoms with Gasteiger partial charge in [-0.25, -0.2) is 0 Å². The maximum absolute atomic E-state index is 12.5. The van der Waals surface area contributed by atoms with E-state index in [2.05, 4.69) is 16.0 Å². The summed E-state index contributed by atoms with van der Waals surface area (Å²) in [6, 6.07) is -0.985. The van der Waals surface area contributed by atoms with Crippen LogP contribution in [0, 0.1) is 11.8 Å². The Labute approximate surface area is 144 Å². The Hall–Kier alpha value is -2.11. The van der Waals surface area contributed by atoms with Crippen LogP contribution in [0.5, 0.6) is 0 Å². The molecule has 1 heterocycles. The highest BCUT2D eigenvalue weighted by atomic mass is 16.2. The van der Waals surface area contributed by atoms with Crippen LogP contribution in [0.3, 0.4) is 0 Å². The molecule has 0 aromatic heterocycles. The summed E-state index contributed by atoms with van der Waals surface area (Å²) < 4.78 is 0. The summed E-state index contributed by atoms with van der Waals surface area (Å²) in [6.07, 6.45) is 7.59. The third-order valence-electron chi connectivity index (χ3n) is 3.61. The Balaban J connectivity index is 2.89. The van der Waals surface area contributed by atoms with E-state index in [0.29, 0.717) is 19.4 Å². The quantitative estimate of drug-likeness (QED) is 0.677. The maximum atomic E-state index is 12.5. The first-order chi connectivity index (χ1) is 11.3. The van der Waals surface area contributed by atoms with Gasteiger partial charge in [0.25, 0.3) is 0 Å². The van der Waals surface area contributed by atoms with Gasteiger partial charge < -0.3 is 16.0 Å². The molecule has 2 unspecified atom stereocenters. The lowest BCUT2D eigenvalue weighted by Crippen LogP contribution is -2.49. The highest BCUT2D eigenvalue weighted by molar-refractivity contribution is 5.90. The fourth-order valence-corrected chi connectivity index (χ4v) is 2.26. The molecular formula is C18H29N3O3. The van der Waals surface area contributed by atoms with Crippen molar-refractivity contribution in [3.05, 3.63) is 24.3 Å². The molecule has 0 radical (unpaired) electrons. The van der Waals surface area contributed by atoms with Gasteiger partial charge in [-0.1, -0.05) is 45.9 Å². The minimum absolute atomic E-state index is 0.122. The summed E-state index contributed by atoms with van der Waals surface area (Å²) in [5.74, 6) is -0.244. The lowest BCUT2D eigenvalue weighted by Gasteiger charge is -2.23. The van der Waals surface area contributed by atoms with Gasteiger partial charge in [0.15, 0.2) is 0 Å². The second-order valence-electron chi connectivity index (χ2n) is 6.79. The molecule has 1 rings (SSSR count). The predicted molar refractivity (Wildman–Crippen MR) is 94.1 cm³/mol. The molecule has 0 saturated heterocycles. The van der Waals surface area contributed by atoms with Gasteiger partial charge >= 0.3 is 0 Å². The van der Waals surface area contributed by atoms with E-state index in [1.54, 1.807) is 18.2 Å². The molecule has 3 amide bonds. The highest BCUT2D eigenvalue weighted by Gasteiger charge is 2.22. The molecule has 134 valence electrons. The third kappa shape index (κ3) is 7.44. The topological polar surface area (TPSA) is 87.3 Å². The highest BCUT2D eigenvalue weighted by Crippen LogP contribution is 2.06. The number of amides is 3. The lowest BCUT2D eigenvalue weighted by atomic mass is 10.0. The zero-order valence-corrected chi connectivity index (χ0v) is 15.0. The SMILES string of the molecule is CC(C)CC(=O)NC1C=CCCNC(=O)C=CC(C(C)C)NC1=O. The van der Waals surface area contributed by atoms with Crippen molar-refractivity contribution >= 4 is 17.7 Å². The van der Waals surface area contributed by atoms with Gasteiger partial charge in [0.05, 0.1) is 0 Å². The molecule has 0 spiro atoms. The molecule has 6 nitrogen and oxygen atoms in total. The molecule has 2 atom stereocenters. The zero-order valence-electron chi connectivity index (χ0n) is 15.0. The van der Waals surface area contributed by atoms with Crippen LogP contribution in [0.15, 0.2) is 24.3 Å². The van der Waals surface area contributed by atoms with E-state index in [1.807, 2.05) is 27.7 Å². The van der Waals surface area contributed by atoms with Crippen molar-refractivity contribution in [3.8, 4) is 0 Å². The second kappa shape index (κ2) is 9.90. The molecule has 0 aromatic carbocycles. The zero-order chi connectivity index (χ0) is 18.1. The lowest BCUT2D eigenvalue weighted by molar-refractivity contribution is -0.128. The molecular weight excluding hydrogens is 306 g/mol. The van der Waals surface area contributed by atoms with E-state index in [0.717, 1.165) is 0 Å². The molecule has 24 heavy (non-hydrogen) atoms. The van der Waals surface area contributed by atoms with Crippen molar-refractivity contribution in [2.75, 3.05) is 6.54 Å². The molecule has 0 bridgehead atoms. The molecule has 0 aromatic rings. The van der Waals surface area contributed by atoms with Crippen molar-refractivity contribution in [2.45, 2.75) is 52.6 Å². The van der Waals surface area contributed by atoms with Gasteiger partial charge in [0.1, 0.15) is 6.04 Å². The Morgan fingerprint density at radius 2 is 1.96 bits per heavy atom. The van der Waals surface area contributed by atoms with E-state index >= 15 is 0 Å². The average molecular weight is 335 g/mol. The summed E-state index contributed by atoms with van der Waals surface area (Å²) >= 11 is 0. The monoisotopic (exact) mass is 335 g/mol. The van der Waals surface area contributed by atoms with Crippen molar-refractivity contribution in [1.29, 1.82) is 0 Å². The van der Waals surface area contributed by atoms with Crippen LogP contribution in [0.2, 0.25) is 0 Å². The molecule has 0 aliphatic carbocycles. The number of rotatable bonds is 4. The number of hydrogen-bond acceptors (Lipinski definition) is 3. The van der Waals surface area contributed by atoms with Gasteiger partial charge in [-0.3, -0.25) is 14.4 Å². The van der Waals surface area contributed by atoms with Gasteiger partial charge in [-0.05, 0) is 18.3 Å². The summed E-state index contributed by atoms with van der Waals surface area (Å²) in [5.41, 5.74) is 0. The number of nitrogens with one attached hydrogen (secondary N) is 3. The number of hydrogen-bond donors (Lipinski definition) is 3. The minimum atomic E-state index is -0.707. The Morgan fingerprint density at radius 3 is 2.58 bits per heavy atom. The minimum Gasteiger partial charge on any atom is -0.352 e. The Bertz CT molecular complexity index is 510. The fraction of sp³-hybridized carbons (Fsp3) is 0.611. The van der Waals surface area contributed by atoms with Gasteiger partial charge in [-0.2, -0.15) is 0 Å². The molecule has 0 fully saturated rings. The van der Waals surface area contributed by atoms with Gasteiger partial charge in [0.2, 0.25) is 17.7 Å². The Morgan fingerprint density at radius 1 is 1.25 bits per heavy atom. The van der Waals surface area contributed by atoms with E-state index in [4.69, 9.17) is 0 Å². The van der Waals surface area contributed by atoms with Crippen LogP contribution in [0.1, 0.15) is 40.5 Å². The van der Waals surface area contributed by atoms with E-state index in [9.17, 15) is 14.4 Å². The average Bonchev–Trinajstić information content (AvgIpc) is 2.47. The van der Waals surface area contributed by atoms with Crippen LogP contribution in [0.25, 0.3) is 0 Å². The standard InChI is InChI=1S/C18H29N3O3/c1-12(2)11-17(23)20-15-7-5-6-10-19-16(22)9-8-14(13(3)4)21-18(15)24/h5,7-9,12-15H,6,10-11H2,1-4H3,(H,19,22)(H,20,23)(H,21,24). The molecule has 1 aliphatic heterocycles. The van der Waals surface area contributed by atoms with Crippen molar-refractivity contribution in [2.24, 2.45) is 11.8 Å². The van der Waals surface area contributed by atoms with Gasteiger partial charge in [0, 0.05) is 25.1 Å². The number of carbonyl (C=O) groups excluding carboxylic acids is 3. The van der Waals surface area contributed by atoms with E-state index in [1.165, 1.54) is 6.08 Å². The van der Waals surface area contributed by atoms with Crippen LogP contribution < -0.4 is 16.0 Å². The number of carbonyl (C=O) groups is 3. The molecule has 0 saturated carbocycles. The summed E-state index contributed by atoms with van der Waals surface area (Å²) in [4.78, 5) is 36.2. The first-order valence-corrected chi connectivity index (χ1v) is 8.52. The van der Waals surface area contributed by atoms with Crippen molar-refractivity contribution in [3.63, 3.8) is 0 Å².